The Hall–Kier alpha value is -1.28. The minimum absolute atomic E-state index is 0.773. The van der Waals surface area contributed by atoms with E-state index in [2.05, 4.69) is 49.1 Å². The molecule has 1 fully saturated rings. The van der Waals surface area contributed by atoms with E-state index < -0.39 is 0 Å². The highest BCUT2D eigenvalue weighted by molar-refractivity contribution is 5.89. The predicted molar refractivity (Wildman–Crippen MR) is 72.3 cm³/mol. The molecular weight excluding hydrogens is 208 g/mol. The molecule has 3 rings (SSSR count). The number of rotatable bonds is 3. The van der Waals surface area contributed by atoms with Crippen molar-refractivity contribution in [1.29, 1.82) is 0 Å². The number of aromatic nitrogens is 1. The van der Waals surface area contributed by atoms with Crippen LogP contribution in [0.3, 0.4) is 0 Å². The minimum atomic E-state index is 0.773. The Labute approximate surface area is 103 Å². The van der Waals surface area contributed by atoms with Crippen LogP contribution in [-0.4, -0.2) is 10.6 Å². The molecule has 1 aromatic heterocycles. The number of fused-ring (bicyclic) bond motifs is 1. The Bertz CT molecular complexity index is 562. The first-order chi connectivity index (χ1) is 8.16. The van der Waals surface area contributed by atoms with Crippen LogP contribution in [0.5, 0.6) is 0 Å². The van der Waals surface area contributed by atoms with Gasteiger partial charge >= 0.3 is 0 Å². The fraction of sp³-hybridized carbons (Fsp3) is 0.467. The van der Waals surface area contributed by atoms with Crippen molar-refractivity contribution in [2.75, 3.05) is 0 Å². The average molecular weight is 228 g/mol. The maximum atomic E-state index is 3.61. The summed E-state index contributed by atoms with van der Waals surface area (Å²) in [6.07, 6.45) is 4.98. The van der Waals surface area contributed by atoms with Gasteiger partial charge in [-0.3, -0.25) is 0 Å². The van der Waals surface area contributed by atoms with Crippen molar-refractivity contribution in [2.24, 2.45) is 7.05 Å². The highest BCUT2D eigenvalue weighted by atomic mass is 15.0. The second-order valence-electron chi connectivity index (χ2n) is 5.34. The van der Waals surface area contributed by atoms with Gasteiger partial charge in [0.1, 0.15) is 0 Å². The van der Waals surface area contributed by atoms with Gasteiger partial charge in [0, 0.05) is 31.2 Å². The van der Waals surface area contributed by atoms with Gasteiger partial charge in [-0.1, -0.05) is 12.1 Å². The van der Waals surface area contributed by atoms with Gasteiger partial charge in [-0.25, -0.2) is 0 Å². The molecular formula is C15H20N2. The van der Waals surface area contributed by atoms with Gasteiger partial charge in [0.05, 0.1) is 5.52 Å². The van der Waals surface area contributed by atoms with E-state index in [1.807, 2.05) is 0 Å². The summed E-state index contributed by atoms with van der Waals surface area (Å²) in [4.78, 5) is 0. The molecule has 90 valence electrons. The molecule has 1 aliphatic rings. The van der Waals surface area contributed by atoms with Crippen molar-refractivity contribution in [2.45, 2.75) is 39.3 Å². The number of nitrogens with zero attached hydrogens (tertiary/aromatic N) is 1. The number of hydrogen-bond acceptors (Lipinski definition) is 1. The Kier molecular flexibility index (Phi) is 2.48. The molecule has 0 saturated heterocycles. The highest BCUT2D eigenvalue weighted by Gasteiger charge is 2.21. The quantitative estimate of drug-likeness (QED) is 0.854. The van der Waals surface area contributed by atoms with E-state index in [0.29, 0.717) is 0 Å². The van der Waals surface area contributed by atoms with Crippen molar-refractivity contribution >= 4 is 10.9 Å². The van der Waals surface area contributed by atoms with Crippen molar-refractivity contribution < 1.29 is 0 Å². The van der Waals surface area contributed by atoms with Gasteiger partial charge in [-0.15, -0.1) is 0 Å². The SMILES string of the molecule is Cc1ccc(C)c2c1c(CNC1CC1)cn2C. The van der Waals surface area contributed by atoms with Crippen LogP contribution in [0.1, 0.15) is 29.5 Å². The summed E-state index contributed by atoms with van der Waals surface area (Å²) in [7, 11) is 2.15. The first kappa shape index (κ1) is 10.8. The fourth-order valence-electron chi connectivity index (χ4n) is 2.69. The Balaban J connectivity index is 2.07. The fourth-order valence-corrected chi connectivity index (χ4v) is 2.69. The summed E-state index contributed by atoms with van der Waals surface area (Å²) in [6, 6.07) is 5.23. The third-order valence-corrected chi connectivity index (χ3v) is 3.77. The summed E-state index contributed by atoms with van der Waals surface area (Å²) in [5, 5.41) is 5.06. The maximum Gasteiger partial charge on any atom is 0.0513 e. The summed E-state index contributed by atoms with van der Waals surface area (Å²) in [5.41, 5.74) is 5.58. The van der Waals surface area contributed by atoms with E-state index in [9.17, 15) is 0 Å². The molecule has 0 atom stereocenters. The maximum absolute atomic E-state index is 3.61. The zero-order valence-electron chi connectivity index (χ0n) is 10.9. The summed E-state index contributed by atoms with van der Waals surface area (Å²) in [6.45, 7) is 5.41. The molecule has 0 spiro atoms. The van der Waals surface area contributed by atoms with Crippen molar-refractivity contribution in [1.82, 2.24) is 9.88 Å². The van der Waals surface area contributed by atoms with E-state index in [-0.39, 0.29) is 0 Å². The first-order valence-electron chi connectivity index (χ1n) is 6.44. The molecule has 1 aliphatic carbocycles. The first-order valence-corrected chi connectivity index (χ1v) is 6.44. The summed E-state index contributed by atoms with van der Waals surface area (Å²) >= 11 is 0. The smallest absolute Gasteiger partial charge is 0.0513 e. The predicted octanol–water partition coefficient (Wildman–Crippen LogP) is 3.05. The zero-order valence-corrected chi connectivity index (χ0v) is 10.9. The molecule has 0 amide bonds. The Morgan fingerprint density at radius 2 is 1.94 bits per heavy atom. The summed E-state index contributed by atoms with van der Waals surface area (Å²) < 4.78 is 2.27. The third-order valence-electron chi connectivity index (χ3n) is 3.77. The van der Waals surface area contributed by atoms with Gasteiger partial charge in [-0.2, -0.15) is 0 Å². The lowest BCUT2D eigenvalue weighted by Crippen LogP contribution is -2.15. The topological polar surface area (TPSA) is 17.0 Å². The number of aryl methyl sites for hydroxylation is 3. The molecule has 2 nitrogen and oxygen atoms in total. The van der Waals surface area contributed by atoms with Crippen LogP contribution >= 0.6 is 0 Å². The van der Waals surface area contributed by atoms with Gasteiger partial charge in [0.25, 0.3) is 0 Å². The van der Waals surface area contributed by atoms with Gasteiger partial charge < -0.3 is 9.88 Å². The van der Waals surface area contributed by atoms with Crippen molar-refractivity contribution in [3.05, 3.63) is 35.0 Å². The van der Waals surface area contributed by atoms with Crippen LogP contribution in [0.15, 0.2) is 18.3 Å². The molecule has 0 radical (unpaired) electrons. The lowest BCUT2D eigenvalue weighted by Gasteiger charge is -2.05. The van der Waals surface area contributed by atoms with E-state index >= 15 is 0 Å². The van der Waals surface area contributed by atoms with Crippen LogP contribution in [0.4, 0.5) is 0 Å². The number of hydrogen-bond donors (Lipinski definition) is 1. The van der Waals surface area contributed by atoms with Crippen LogP contribution in [-0.2, 0) is 13.6 Å². The second-order valence-corrected chi connectivity index (χ2v) is 5.34. The van der Waals surface area contributed by atoms with E-state index in [1.165, 1.54) is 40.4 Å². The van der Waals surface area contributed by atoms with Crippen molar-refractivity contribution in [3.63, 3.8) is 0 Å². The molecule has 2 aromatic rings. The zero-order chi connectivity index (χ0) is 12.0. The minimum Gasteiger partial charge on any atom is -0.350 e. The van der Waals surface area contributed by atoms with Gasteiger partial charge in [0.15, 0.2) is 0 Å². The number of benzene rings is 1. The summed E-state index contributed by atoms with van der Waals surface area (Å²) in [5.74, 6) is 0. The Morgan fingerprint density at radius 1 is 1.24 bits per heavy atom. The van der Waals surface area contributed by atoms with Crippen LogP contribution in [0.25, 0.3) is 10.9 Å². The highest BCUT2D eigenvalue weighted by Crippen LogP contribution is 2.28. The normalized spacial score (nSPS) is 15.7. The third kappa shape index (κ3) is 1.87. The lowest BCUT2D eigenvalue weighted by molar-refractivity contribution is 0.689. The molecule has 1 saturated carbocycles. The average Bonchev–Trinajstić information content (AvgIpc) is 3.05. The molecule has 1 heterocycles. The molecule has 1 N–H and O–H groups in total. The van der Waals surface area contributed by atoms with Crippen LogP contribution in [0.2, 0.25) is 0 Å². The molecule has 0 unspecified atom stereocenters. The van der Waals surface area contributed by atoms with Gasteiger partial charge in [-0.05, 0) is 43.4 Å². The van der Waals surface area contributed by atoms with E-state index in [1.54, 1.807) is 0 Å². The molecule has 17 heavy (non-hydrogen) atoms. The molecule has 2 heteroatoms. The molecule has 0 aliphatic heterocycles. The largest absolute Gasteiger partial charge is 0.350 e. The van der Waals surface area contributed by atoms with Crippen molar-refractivity contribution in [3.8, 4) is 0 Å². The van der Waals surface area contributed by atoms with E-state index in [0.717, 1.165) is 12.6 Å². The van der Waals surface area contributed by atoms with Gasteiger partial charge in [0.2, 0.25) is 0 Å². The van der Waals surface area contributed by atoms with E-state index in [4.69, 9.17) is 0 Å². The number of nitrogens with one attached hydrogen (secondary N) is 1. The molecule has 1 aromatic carbocycles. The Morgan fingerprint density at radius 3 is 2.65 bits per heavy atom. The standard InChI is InChI=1S/C15H20N2/c1-10-4-5-11(2)15-14(10)12(9-17(15)3)8-16-13-6-7-13/h4-5,9,13,16H,6-8H2,1-3H3. The van der Waals surface area contributed by atoms with Crippen LogP contribution in [0, 0.1) is 13.8 Å². The second kappa shape index (κ2) is 3.88. The van der Waals surface area contributed by atoms with Crippen LogP contribution < -0.4 is 5.32 Å². The molecule has 0 bridgehead atoms. The lowest BCUT2D eigenvalue weighted by atomic mass is 10.0. The monoisotopic (exact) mass is 228 g/mol.